The molecule has 124 valence electrons. The quantitative estimate of drug-likeness (QED) is 0.581. The number of esters is 2. The predicted molar refractivity (Wildman–Crippen MR) is 84.0 cm³/mol. The number of carbonyl (C=O) groups excluding carboxylic acids is 2. The Balaban J connectivity index is 2.35. The third-order valence-electron chi connectivity index (χ3n) is 4.10. The molecular formula is C18H18N2O4. The van der Waals surface area contributed by atoms with Gasteiger partial charge in [0.2, 0.25) is 0 Å². The molecule has 0 aromatic heterocycles. The summed E-state index contributed by atoms with van der Waals surface area (Å²) in [4.78, 5) is 24.4. The first-order valence-corrected chi connectivity index (χ1v) is 7.83. The van der Waals surface area contributed by atoms with E-state index in [1.165, 1.54) is 0 Å². The van der Waals surface area contributed by atoms with Gasteiger partial charge in [0.25, 0.3) is 0 Å². The molecule has 0 aromatic carbocycles. The van der Waals surface area contributed by atoms with Gasteiger partial charge < -0.3 is 9.47 Å². The van der Waals surface area contributed by atoms with Crippen LogP contribution < -0.4 is 0 Å². The lowest BCUT2D eigenvalue weighted by molar-refractivity contribution is -0.142. The van der Waals surface area contributed by atoms with Crippen LogP contribution in [0.25, 0.3) is 0 Å². The van der Waals surface area contributed by atoms with Crippen molar-refractivity contribution < 1.29 is 19.1 Å². The van der Waals surface area contributed by atoms with Gasteiger partial charge in [-0.1, -0.05) is 11.1 Å². The number of ether oxygens (including phenoxy) is 2. The molecule has 0 heterocycles. The predicted octanol–water partition coefficient (Wildman–Crippen LogP) is 2.64. The van der Waals surface area contributed by atoms with E-state index in [1.54, 1.807) is 13.8 Å². The topological polar surface area (TPSA) is 100 Å². The van der Waals surface area contributed by atoms with E-state index in [-0.39, 0.29) is 26.1 Å². The maximum Gasteiger partial charge on any atom is 0.334 e. The molecule has 0 radical (unpaired) electrons. The van der Waals surface area contributed by atoms with Crippen molar-refractivity contribution >= 4 is 11.9 Å². The van der Waals surface area contributed by atoms with Gasteiger partial charge in [-0.2, -0.15) is 10.5 Å². The van der Waals surface area contributed by atoms with Gasteiger partial charge in [0.15, 0.2) is 0 Å². The van der Waals surface area contributed by atoms with Gasteiger partial charge >= 0.3 is 11.9 Å². The van der Waals surface area contributed by atoms with Crippen molar-refractivity contribution in [2.24, 2.45) is 0 Å². The van der Waals surface area contributed by atoms with Crippen LogP contribution in [0.1, 0.15) is 39.5 Å². The molecule has 0 spiro atoms. The van der Waals surface area contributed by atoms with E-state index < -0.39 is 11.9 Å². The van der Waals surface area contributed by atoms with Crippen molar-refractivity contribution in [3.05, 3.63) is 33.4 Å². The summed E-state index contributed by atoms with van der Waals surface area (Å²) in [5.74, 6) is -1.05. The average Bonchev–Trinajstić information content (AvgIpc) is 2.59. The fraction of sp³-hybridized carbons (Fsp3) is 0.444. The highest BCUT2D eigenvalue weighted by Gasteiger charge is 2.33. The molecule has 2 aliphatic carbocycles. The van der Waals surface area contributed by atoms with Crippen molar-refractivity contribution in [3.8, 4) is 12.1 Å². The third kappa shape index (κ3) is 3.38. The van der Waals surface area contributed by atoms with Crippen LogP contribution in [-0.4, -0.2) is 25.2 Å². The van der Waals surface area contributed by atoms with Crippen LogP contribution in [0.15, 0.2) is 33.4 Å². The standard InChI is InChI=1S/C18H18N2O4/c1-3-23-17(21)15-7-11-5-13(9-19)14(10-20)6-12(11)8-16(15)18(22)24-4-2/h3-8H2,1-2H3. The van der Waals surface area contributed by atoms with Crippen molar-refractivity contribution in [2.45, 2.75) is 39.5 Å². The van der Waals surface area contributed by atoms with E-state index in [4.69, 9.17) is 9.47 Å². The zero-order valence-electron chi connectivity index (χ0n) is 13.8. The normalized spacial score (nSPS) is 17.0. The van der Waals surface area contributed by atoms with Gasteiger partial charge in [0.05, 0.1) is 36.5 Å². The SMILES string of the molecule is CCOC(=O)C1=C(C(=O)OCC)CC2=C(CC(C#N)=C(C#N)C2)C1. The minimum absolute atomic E-state index is 0.215. The van der Waals surface area contributed by atoms with E-state index in [9.17, 15) is 20.1 Å². The molecule has 24 heavy (non-hydrogen) atoms. The zero-order valence-corrected chi connectivity index (χ0v) is 13.8. The molecule has 6 heteroatoms. The first kappa shape index (κ1) is 17.5. The molecule has 2 rings (SSSR count). The average molecular weight is 326 g/mol. The molecule has 0 saturated carbocycles. The fourth-order valence-electron chi connectivity index (χ4n) is 2.95. The Kier molecular flexibility index (Phi) is 5.55. The lowest BCUT2D eigenvalue weighted by Gasteiger charge is -2.27. The number of hydrogen-bond acceptors (Lipinski definition) is 6. The van der Waals surface area contributed by atoms with E-state index in [1.807, 2.05) is 0 Å². The summed E-state index contributed by atoms with van der Waals surface area (Å²) >= 11 is 0. The number of carbonyl (C=O) groups is 2. The Bertz CT molecular complexity index is 695. The van der Waals surface area contributed by atoms with Crippen LogP contribution in [0.3, 0.4) is 0 Å². The maximum atomic E-state index is 12.2. The van der Waals surface area contributed by atoms with Crippen molar-refractivity contribution in [3.63, 3.8) is 0 Å². The lowest BCUT2D eigenvalue weighted by atomic mass is 9.77. The van der Waals surface area contributed by atoms with Gasteiger partial charge in [0.1, 0.15) is 0 Å². The van der Waals surface area contributed by atoms with Crippen LogP contribution >= 0.6 is 0 Å². The molecule has 0 bridgehead atoms. The molecule has 0 aromatic rings. The van der Waals surface area contributed by atoms with E-state index >= 15 is 0 Å². The number of nitrogens with zero attached hydrogens (tertiary/aromatic N) is 2. The summed E-state index contributed by atoms with van der Waals surface area (Å²) in [5.41, 5.74) is 3.29. The van der Waals surface area contributed by atoms with Crippen LogP contribution in [0.5, 0.6) is 0 Å². The van der Waals surface area contributed by atoms with Crippen LogP contribution in [0.4, 0.5) is 0 Å². The van der Waals surface area contributed by atoms with E-state index in [0.29, 0.717) is 35.1 Å². The first-order chi connectivity index (χ1) is 11.5. The fourth-order valence-corrected chi connectivity index (χ4v) is 2.95. The minimum atomic E-state index is -0.527. The second kappa shape index (κ2) is 7.61. The molecule has 0 N–H and O–H groups in total. The van der Waals surface area contributed by atoms with Gasteiger partial charge in [-0.25, -0.2) is 9.59 Å². The van der Waals surface area contributed by atoms with Crippen molar-refractivity contribution in [1.29, 1.82) is 10.5 Å². The molecule has 0 atom stereocenters. The molecular weight excluding hydrogens is 308 g/mol. The summed E-state index contributed by atoms with van der Waals surface area (Å²) in [6.45, 7) is 3.83. The Labute approximate surface area is 140 Å². The van der Waals surface area contributed by atoms with Gasteiger partial charge in [-0.15, -0.1) is 0 Å². The molecule has 0 amide bonds. The Hall–Kier alpha value is -2.86. The molecule has 0 aliphatic heterocycles. The lowest BCUT2D eigenvalue weighted by Crippen LogP contribution is -2.22. The Morgan fingerprint density at radius 2 is 1.21 bits per heavy atom. The number of nitriles is 2. The molecule has 6 nitrogen and oxygen atoms in total. The zero-order chi connectivity index (χ0) is 17.7. The summed E-state index contributed by atoms with van der Waals surface area (Å²) in [6.07, 6.45) is 1.19. The highest BCUT2D eigenvalue weighted by molar-refractivity contribution is 6.01. The van der Waals surface area contributed by atoms with Gasteiger partial charge in [0, 0.05) is 36.8 Å². The van der Waals surface area contributed by atoms with Crippen LogP contribution in [-0.2, 0) is 19.1 Å². The maximum absolute atomic E-state index is 12.2. The van der Waals surface area contributed by atoms with Gasteiger partial charge in [-0.3, -0.25) is 0 Å². The highest BCUT2D eigenvalue weighted by Crippen LogP contribution is 2.41. The Morgan fingerprint density at radius 1 is 0.833 bits per heavy atom. The smallest absolute Gasteiger partial charge is 0.334 e. The molecule has 0 saturated heterocycles. The third-order valence-corrected chi connectivity index (χ3v) is 4.10. The molecule has 2 aliphatic rings. The van der Waals surface area contributed by atoms with E-state index in [2.05, 4.69) is 12.1 Å². The largest absolute Gasteiger partial charge is 0.463 e. The monoisotopic (exact) mass is 326 g/mol. The van der Waals surface area contributed by atoms with E-state index in [0.717, 1.165) is 11.1 Å². The second-order valence-electron chi connectivity index (χ2n) is 5.49. The van der Waals surface area contributed by atoms with Crippen LogP contribution in [0.2, 0.25) is 0 Å². The summed E-state index contributed by atoms with van der Waals surface area (Å²) in [7, 11) is 0. The van der Waals surface area contributed by atoms with Crippen molar-refractivity contribution in [2.75, 3.05) is 13.2 Å². The number of rotatable bonds is 4. The van der Waals surface area contributed by atoms with Crippen LogP contribution in [0, 0.1) is 22.7 Å². The molecule has 0 fully saturated rings. The Morgan fingerprint density at radius 3 is 1.50 bits per heavy atom. The minimum Gasteiger partial charge on any atom is -0.463 e. The number of allylic oxidation sites excluding steroid dienone is 4. The van der Waals surface area contributed by atoms with Crippen molar-refractivity contribution in [1.82, 2.24) is 0 Å². The summed E-state index contributed by atoms with van der Waals surface area (Å²) in [6, 6.07) is 4.12. The summed E-state index contributed by atoms with van der Waals surface area (Å²) < 4.78 is 10.1. The summed E-state index contributed by atoms with van der Waals surface area (Å²) in [5, 5.41) is 18.4. The first-order valence-electron chi connectivity index (χ1n) is 7.83. The number of hydrogen-bond donors (Lipinski definition) is 0. The highest BCUT2D eigenvalue weighted by atomic mass is 16.5. The second-order valence-corrected chi connectivity index (χ2v) is 5.49. The van der Waals surface area contributed by atoms with Gasteiger partial charge in [-0.05, 0) is 13.8 Å². The molecule has 0 unspecified atom stereocenters.